The van der Waals surface area contributed by atoms with Gasteiger partial charge in [-0.3, -0.25) is 10.1 Å². The van der Waals surface area contributed by atoms with Crippen LogP contribution in [0, 0.1) is 15.9 Å². The smallest absolute Gasteiger partial charge is 0.258 e. The number of halogens is 1. The Bertz CT molecular complexity index is 754. The second kappa shape index (κ2) is 6.68. The summed E-state index contributed by atoms with van der Waals surface area (Å²) >= 11 is 0.929. The average Bonchev–Trinajstić information content (AvgIpc) is 2.42. The van der Waals surface area contributed by atoms with Crippen LogP contribution in [0.1, 0.15) is 5.56 Å². The summed E-state index contributed by atoms with van der Waals surface area (Å²) in [6.07, 6.45) is 0. The third kappa shape index (κ3) is 4.02. The van der Waals surface area contributed by atoms with Crippen LogP contribution in [0.2, 0.25) is 0 Å². The van der Waals surface area contributed by atoms with Crippen molar-refractivity contribution in [3.8, 4) is 0 Å². The minimum atomic E-state index is -2.66. The highest BCUT2D eigenvalue weighted by Gasteiger charge is 2.17. The topological polar surface area (TPSA) is 77.3 Å². The van der Waals surface area contributed by atoms with E-state index in [4.69, 9.17) is 0 Å². The SMILES string of the molecule is O=[N+]([O-])c1cc(C[SH](=O)=O)ccc1Sc1ccccc1F. The molecule has 2 rings (SSSR count). The van der Waals surface area contributed by atoms with E-state index in [2.05, 4.69) is 0 Å². The van der Waals surface area contributed by atoms with Gasteiger partial charge < -0.3 is 0 Å². The molecular formula is C13H10FNO4S2. The minimum Gasteiger partial charge on any atom is -0.258 e. The van der Waals surface area contributed by atoms with Crippen LogP contribution in [0.3, 0.4) is 0 Å². The number of benzene rings is 2. The molecule has 0 aromatic heterocycles. The Kier molecular flexibility index (Phi) is 4.92. The summed E-state index contributed by atoms with van der Waals surface area (Å²) in [5.41, 5.74) is 0.0910. The van der Waals surface area contributed by atoms with E-state index in [1.165, 1.54) is 36.4 Å². The Labute approximate surface area is 125 Å². The molecular weight excluding hydrogens is 317 g/mol. The number of thiol groups is 1. The quantitative estimate of drug-likeness (QED) is 0.519. The standard InChI is InChI=1S/C13H10FNO4S2/c14-10-3-1-2-4-12(10)20-13-6-5-9(8-21(18)19)7-11(13)15(16)17/h1-7,21H,8H2. The van der Waals surface area contributed by atoms with Crippen molar-refractivity contribution in [3.63, 3.8) is 0 Å². The fourth-order valence-electron chi connectivity index (χ4n) is 1.69. The molecule has 0 N–H and O–H groups in total. The van der Waals surface area contributed by atoms with E-state index in [9.17, 15) is 22.9 Å². The van der Waals surface area contributed by atoms with E-state index in [0.717, 1.165) is 11.8 Å². The van der Waals surface area contributed by atoms with Crippen molar-refractivity contribution in [1.29, 1.82) is 0 Å². The summed E-state index contributed by atoms with van der Waals surface area (Å²) in [5, 5.41) is 11.1. The van der Waals surface area contributed by atoms with E-state index in [0.29, 0.717) is 5.56 Å². The third-order valence-corrected chi connectivity index (χ3v) is 4.33. The van der Waals surface area contributed by atoms with Crippen LogP contribution < -0.4 is 0 Å². The van der Waals surface area contributed by atoms with Gasteiger partial charge in [-0.2, -0.15) is 0 Å². The highest BCUT2D eigenvalue weighted by molar-refractivity contribution is 7.99. The average molecular weight is 327 g/mol. The number of hydrogen-bond donors (Lipinski definition) is 1. The van der Waals surface area contributed by atoms with E-state index >= 15 is 0 Å². The Morgan fingerprint density at radius 2 is 1.86 bits per heavy atom. The largest absolute Gasteiger partial charge is 0.283 e. The first-order valence-electron chi connectivity index (χ1n) is 5.79. The summed E-state index contributed by atoms with van der Waals surface area (Å²) in [5.74, 6) is -0.732. The van der Waals surface area contributed by atoms with Gasteiger partial charge in [0.15, 0.2) is 0 Å². The maximum Gasteiger partial charge on any atom is 0.283 e. The highest BCUT2D eigenvalue weighted by Crippen LogP contribution is 2.36. The Morgan fingerprint density at radius 3 is 2.48 bits per heavy atom. The zero-order chi connectivity index (χ0) is 15.4. The van der Waals surface area contributed by atoms with E-state index in [-0.39, 0.29) is 21.2 Å². The fourth-order valence-corrected chi connectivity index (χ4v) is 3.10. The number of nitro benzene ring substituents is 1. The minimum absolute atomic E-state index is 0.238. The molecule has 110 valence electrons. The van der Waals surface area contributed by atoms with Crippen LogP contribution in [0.15, 0.2) is 52.3 Å². The molecule has 0 amide bonds. The van der Waals surface area contributed by atoms with Gasteiger partial charge in [-0.05, 0) is 23.8 Å². The van der Waals surface area contributed by atoms with Gasteiger partial charge >= 0.3 is 0 Å². The lowest BCUT2D eigenvalue weighted by atomic mass is 10.2. The molecule has 0 aliphatic carbocycles. The first kappa shape index (κ1) is 15.5. The van der Waals surface area contributed by atoms with E-state index in [1.54, 1.807) is 6.07 Å². The van der Waals surface area contributed by atoms with Gasteiger partial charge in [0.05, 0.1) is 15.6 Å². The molecule has 0 unspecified atom stereocenters. The Morgan fingerprint density at radius 1 is 1.14 bits per heavy atom. The first-order chi connectivity index (χ1) is 9.97. The molecule has 21 heavy (non-hydrogen) atoms. The first-order valence-corrected chi connectivity index (χ1v) is 7.97. The summed E-state index contributed by atoms with van der Waals surface area (Å²) in [4.78, 5) is 11.0. The van der Waals surface area contributed by atoms with Gasteiger partial charge in [0.2, 0.25) is 0 Å². The van der Waals surface area contributed by atoms with Crippen molar-refractivity contribution >= 4 is 28.2 Å². The molecule has 0 saturated carbocycles. The van der Waals surface area contributed by atoms with Gasteiger partial charge in [-0.15, -0.1) is 0 Å². The molecule has 0 aliphatic rings. The van der Waals surface area contributed by atoms with Crippen molar-refractivity contribution < 1.29 is 17.7 Å². The fraction of sp³-hybridized carbons (Fsp3) is 0.0769. The molecule has 0 radical (unpaired) electrons. The lowest BCUT2D eigenvalue weighted by Crippen LogP contribution is -1.95. The molecule has 8 heteroatoms. The lowest BCUT2D eigenvalue weighted by Gasteiger charge is -2.05. The molecule has 0 spiro atoms. The third-order valence-electron chi connectivity index (χ3n) is 2.59. The predicted octanol–water partition coefficient (Wildman–Crippen LogP) is 3.00. The molecule has 2 aromatic carbocycles. The van der Waals surface area contributed by atoms with Crippen molar-refractivity contribution in [2.75, 3.05) is 0 Å². The van der Waals surface area contributed by atoms with Crippen molar-refractivity contribution in [3.05, 3.63) is 64.0 Å². The van der Waals surface area contributed by atoms with Gasteiger partial charge in [0.25, 0.3) is 5.69 Å². The number of nitrogens with zero attached hydrogens (tertiary/aromatic N) is 1. The summed E-state index contributed by atoms with van der Waals surface area (Å²) in [7, 11) is -2.66. The van der Waals surface area contributed by atoms with Crippen molar-refractivity contribution in [2.45, 2.75) is 15.5 Å². The Hall–Kier alpha value is -1.93. The Balaban J connectivity index is 2.39. The van der Waals surface area contributed by atoms with Crippen LogP contribution >= 0.6 is 11.8 Å². The van der Waals surface area contributed by atoms with Crippen LogP contribution in [0.5, 0.6) is 0 Å². The molecule has 0 heterocycles. The van der Waals surface area contributed by atoms with E-state index < -0.39 is 21.4 Å². The van der Waals surface area contributed by atoms with Crippen LogP contribution in [0.25, 0.3) is 0 Å². The van der Waals surface area contributed by atoms with Crippen LogP contribution in [-0.2, 0) is 16.5 Å². The lowest BCUT2D eigenvalue weighted by molar-refractivity contribution is -0.387. The number of rotatable bonds is 5. The maximum absolute atomic E-state index is 13.6. The van der Waals surface area contributed by atoms with Crippen molar-refractivity contribution in [2.24, 2.45) is 0 Å². The van der Waals surface area contributed by atoms with Crippen LogP contribution in [-0.4, -0.2) is 13.3 Å². The van der Waals surface area contributed by atoms with Crippen LogP contribution in [0.4, 0.5) is 10.1 Å². The summed E-state index contributed by atoms with van der Waals surface area (Å²) in [6, 6.07) is 10.1. The maximum atomic E-state index is 13.6. The predicted molar refractivity (Wildman–Crippen MR) is 77.6 cm³/mol. The number of hydrogen-bond acceptors (Lipinski definition) is 5. The molecule has 2 aromatic rings. The van der Waals surface area contributed by atoms with Gasteiger partial charge in [-0.1, -0.05) is 30.0 Å². The summed E-state index contributed by atoms with van der Waals surface area (Å²) in [6.45, 7) is 0. The summed E-state index contributed by atoms with van der Waals surface area (Å²) < 4.78 is 35.0. The molecule has 0 bridgehead atoms. The zero-order valence-electron chi connectivity index (χ0n) is 10.6. The van der Waals surface area contributed by atoms with Gasteiger partial charge in [-0.25, -0.2) is 12.8 Å². The molecule has 0 aliphatic heterocycles. The zero-order valence-corrected chi connectivity index (χ0v) is 12.3. The molecule has 0 atom stereocenters. The second-order valence-corrected chi connectivity index (χ2v) is 6.15. The van der Waals surface area contributed by atoms with Gasteiger partial charge in [0, 0.05) is 11.0 Å². The number of nitro groups is 1. The highest BCUT2D eigenvalue weighted by atomic mass is 32.2. The molecule has 0 fully saturated rings. The molecule has 5 nitrogen and oxygen atoms in total. The molecule has 0 saturated heterocycles. The monoisotopic (exact) mass is 327 g/mol. The van der Waals surface area contributed by atoms with Crippen molar-refractivity contribution in [1.82, 2.24) is 0 Å². The second-order valence-electron chi connectivity index (χ2n) is 4.08. The van der Waals surface area contributed by atoms with E-state index in [1.807, 2.05) is 0 Å². The van der Waals surface area contributed by atoms with Gasteiger partial charge in [0.1, 0.15) is 16.5 Å². The normalized spacial score (nSPS) is 10.8.